The van der Waals surface area contributed by atoms with E-state index in [2.05, 4.69) is 27.0 Å². The molecule has 0 rings (SSSR count). The highest BCUT2D eigenvalue weighted by Gasteiger charge is 2.08. The van der Waals surface area contributed by atoms with Gasteiger partial charge in [-0.1, -0.05) is 27.2 Å². The predicted octanol–water partition coefficient (Wildman–Crippen LogP) is 3.03. The van der Waals surface area contributed by atoms with Crippen LogP contribution in [0.15, 0.2) is 0 Å². The van der Waals surface area contributed by atoms with Gasteiger partial charge in [0.25, 0.3) is 0 Å². The van der Waals surface area contributed by atoms with Crippen LogP contribution in [-0.2, 0) is 0 Å². The summed E-state index contributed by atoms with van der Waals surface area (Å²) in [6.07, 6.45) is 3.52. The molecule has 0 aromatic heterocycles. The number of thioether (sulfide) groups is 1. The van der Waals surface area contributed by atoms with E-state index in [1.165, 1.54) is 12.2 Å². The summed E-state index contributed by atoms with van der Waals surface area (Å²) in [5.41, 5.74) is 0. The lowest BCUT2D eigenvalue weighted by atomic mass is 9.96. The van der Waals surface area contributed by atoms with Gasteiger partial charge >= 0.3 is 0 Å². The first-order chi connectivity index (χ1) is 4.22. The van der Waals surface area contributed by atoms with Gasteiger partial charge in [-0.15, -0.1) is 0 Å². The van der Waals surface area contributed by atoms with Crippen molar-refractivity contribution in [3.8, 4) is 0 Å². The molecule has 0 aliphatic rings. The molecular weight excluding hydrogens is 128 g/mol. The Morgan fingerprint density at radius 3 is 2.00 bits per heavy atom. The Hall–Kier alpha value is 0.350. The lowest BCUT2D eigenvalue weighted by molar-refractivity contribution is 0.415. The third-order valence-electron chi connectivity index (χ3n) is 1.85. The van der Waals surface area contributed by atoms with Gasteiger partial charge in [-0.2, -0.15) is 11.8 Å². The Morgan fingerprint density at radius 2 is 1.89 bits per heavy atom. The first-order valence-corrected chi connectivity index (χ1v) is 5.10. The maximum atomic E-state index is 2.31. The molecule has 0 saturated carbocycles. The SMILES string of the molecule is CCC(CSC)C(C)C. The molecule has 0 nitrogen and oxygen atoms in total. The van der Waals surface area contributed by atoms with E-state index in [9.17, 15) is 0 Å². The zero-order valence-corrected chi connectivity index (χ0v) is 7.79. The van der Waals surface area contributed by atoms with Crippen LogP contribution in [0.4, 0.5) is 0 Å². The van der Waals surface area contributed by atoms with E-state index in [1.807, 2.05) is 11.8 Å². The van der Waals surface area contributed by atoms with E-state index in [0.717, 1.165) is 11.8 Å². The second kappa shape index (κ2) is 5.16. The molecule has 0 aromatic rings. The maximum Gasteiger partial charge on any atom is -0.00396 e. The van der Waals surface area contributed by atoms with Crippen LogP contribution in [0.1, 0.15) is 27.2 Å². The highest BCUT2D eigenvalue weighted by Crippen LogP contribution is 2.18. The molecule has 0 bridgehead atoms. The monoisotopic (exact) mass is 146 g/mol. The van der Waals surface area contributed by atoms with Crippen LogP contribution in [0.5, 0.6) is 0 Å². The highest BCUT2D eigenvalue weighted by molar-refractivity contribution is 7.98. The number of rotatable bonds is 4. The van der Waals surface area contributed by atoms with Crippen molar-refractivity contribution in [2.75, 3.05) is 12.0 Å². The predicted molar refractivity (Wildman–Crippen MR) is 47.0 cm³/mol. The molecule has 0 radical (unpaired) electrons. The molecule has 56 valence electrons. The normalized spacial score (nSPS) is 14.3. The minimum absolute atomic E-state index is 0.863. The second-order valence-corrected chi connectivity index (χ2v) is 3.78. The molecule has 9 heavy (non-hydrogen) atoms. The molecule has 0 heterocycles. The van der Waals surface area contributed by atoms with Crippen molar-refractivity contribution < 1.29 is 0 Å². The van der Waals surface area contributed by atoms with Gasteiger partial charge in [0.05, 0.1) is 0 Å². The van der Waals surface area contributed by atoms with Gasteiger partial charge in [0.1, 0.15) is 0 Å². The van der Waals surface area contributed by atoms with Gasteiger partial charge in [-0.05, 0) is 23.8 Å². The Balaban J connectivity index is 3.41. The molecule has 0 aliphatic heterocycles. The van der Waals surface area contributed by atoms with Gasteiger partial charge in [0.15, 0.2) is 0 Å². The van der Waals surface area contributed by atoms with Crippen molar-refractivity contribution in [3.05, 3.63) is 0 Å². The average molecular weight is 146 g/mol. The van der Waals surface area contributed by atoms with Crippen LogP contribution in [0, 0.1) is 11.8 Å². The van der Waals surface area contributed by atoms with Crippen LogP contribution in [-0.4, -0.2) is 12.0 Å². The molecule has 1 atom stereocenters. The van der Waals surface area contributed by atoms with Crippen LogP contribution in [0.3, 0.4) is 0 Å². The van der Waals surface area contributed by atoms with Crippen LogP contribution in [0.25, 0.3) is 0 Å². The quantitative estimate of drug-likeness (QED) is 0.587. The largest absolute Gasteiger partial charge is 0.165 e. The molecule has 0 aromatic carbocycles. The van der Waals surface area contributed by atoms with E-state index in [4.69, 9.17) is 0 Å². The second-order valence-electron chi connectivity index (χ2n) is 2.87. The Morgan fingerprint density at radius 1 is 1.33 bits per heavy atom. The number of hydrogen-bond acceptors (Lipinski definition) is 1. The standard InChI is InChI=1S/C8H18S/c1-5-8(6-9-4)7(2)3/h7-8H,5-6H2,1-4H3. The molecule has 0 aliphatic carbocycles. The van der Waals surface area contributed by atoms with E-state index >= 15 is 0 Å². The summed E-state index contributed by atoms with van der Waals surface area (Å²) in [7, 11) is 0. The summed E-state index contributed by atoms with van der Waals surface area (Å²) in [5, 5.41) is 0. The Bertz CT molecular complexity index is 59.6. The summed E-state index contributed by atoms with van der Waals surface area (Å²) >= 11 is 1.96. The summed E-state index contributed by atoms with van der Waals surface area (Å²) in [6.45, 7) is 6.90. The smallest absolute Gasteiger partial charge is 0.00396 e. The van der Waals surface area contributed by atoms with E-state index in [0.29, 0.717) is 0 Å². The molecule has 0 spiro atoms. The molecule has 0 saturated heterocycles. The van der Waals surface area contributed by atoms with Crippen molar-refractivity contribution in [2.24, 2.45) is 11.8 Å². The fourth-order valence-electron chi connectivity index (χ4n) is 0.996. The molecule has 0 fully saturated rings. The van der Waals surface area contributed by atoms with Gasteiger partial charge in [0, 0.05) is 0 Å². The Labute approximate surface area is 63.4 Å². The van der Waals surface area contributed by atoms with Crippen LogP contribution >= 0.6 is 11.8 Å². The molecular formula is C8H18S. The van der Waals surface area contributed by atoms with E-state index < -0.39 is 0 Å². The minimum Gasteiger partial charge on any atom is -0.165 e. The third kappa shape index (κ3) is 3.85. The summed E-state index contributed by atoms with van der Waals surface area (Å²) in [6, 6.07) is 0. The van der Waals surface area contributed by atoms with Crippen molar-refractivity contribution >= 4 is 11.8 Å². The average Bonchev–Trinajstić information content (AvgIpc) is 1.82. The number of hydrogen-bond donors (Lipinski definition) is 0. The molecule has 0 amide bonds. The fourth-order valence-corrected chi connectivity index (χ4v) is 2.04. The Kier molecular flexibility index (Phi) is 5.36. The van der Waals surface area contributed by atoms with Crippen molar-refractivity contribution in [1.82, 2.24) is 0 Å². The summed E-state index contributed by atoms with van der Waals surface area (Å²) < 4.78 is 0. The topological polar surface area (TPSA) is 0 Å². The van der Waals surface area contributed by atoms with E-state index in [-0.39, 0.29) is 0 Å². The lowest BCUT2D eigenvalue weighted by Gasteiger charge is -2.16. The van der Waals surface area contributed by atoms with Gasteiger partial charge in [-0.25, -0.2) is 0 Å². The first kappa shape index (κ1) is 9.35. The van der Waals surface area contributed by atoms with Crippen LogP contribution in [0.2, 0.25) is 0 Å². The van der Waals surface area contributed by atoms with Gasteiger partial charge in [0.2, 0.25) is 0 Å². The molecule has 1 heteroatoms. The van der Waals surface area contributed by atoms with Crippen LogP contribution < -0.4 is 0 Å². The molecule has 1 unspecified atom stereocenters. The highest BCUT2D eigenvalue weighted by atomic mass is 32.2. The van der Waals surface area contributed by atoms with E-state index in [1.54, 1.807) is 0 Å². The van der Waals surface area contributed by atoms with Gasteiger partial charge in [-0.3, -0.25) is 0 Å². The minimum atomic E-state index is 0.863. The zero-order valence-electron chi connectivity index (χ0n) is 6.98. The van der Waals surface area contributed by atoms with Crippen molar-refractivity contribution in [2.45, 2.75) is 27.2 Å². The third-order valence-corrected chi connectivity index (χ3v) is 2.61. The van der Waals surface area contributed by atoms with Crippen molar-refractivity contribution in [1.29, 1.82) is 0 Å². The summed E-state index contributed by atoms with van der Waals surface area (Å²) in [4.78, 5) is 0. The maximum absolute atomic E-state index is 2.31. The zero-order chi connectivity index (χ0) is 7.28. The lowest BCUT2D eigenvalue weighted by Crippen LogP contribution is -2.09. The van der Waals surface area contributed by atoms with Gasteiger partial charge < -0.3 is 0 Å². The first-order valence-electron chi connectivity index (χ1n) is 3.71. The molecule has 0 N–H and O–H groups in total. The summed E-state index contributed by atoms with van der Waals surface area (Å²) in [5.74, 6) is 3.12. The van der Waals surface area contributed by atoms with Crippen molar-refractivity contribution in [3.63, 3.8) is 0 Å². The fraction of sp³-hybridized carbons (Fsp3) is 1.00.